The zero-order valence-corrected chi connectivity index (χ0v) is 15.7. The van der Waals surface area contributed by atoms with Crippen LogP contribution in [0.25, 0.3) is 0 Å². The maximum absolute atomic E-state index is 12.9. The summed E-state index contributed by atoms with van der Waals surface area (Å²) in [4.78, 5) is 8.96. The third kappa shape index (κ3) is 4.77. The van der Waals surface area contributed by atoms with Gasteiger partial charge < -0.3 is 11.1 Å². The van der Waals surface area contributed by atoms with Gasteiger partial charge in [-0.3, -0.25) is 0 Å². The zero-order chi connectivity index (χ0) is 19.6. The summed E-state index contributed by atoms with van der Waals surface area (Å²) in [6, 6.07) is 10.0. The standard InChI is InChI=1S/C17H11Cl2F3N4S/c18-10-2-4-11(5-3-10)27-16-14(23)15(24-8-25-16)26-13-7-9(17(20,21)22)1-6-12(13)19/h1-8H,23H2,(H,24,25,26). The van der Waals surface area contributed by atoms with Gasteiger partial charge in [0.1, 0.15) is 17.0 Å². The molecule has 0 atom stereocenters. The van der Waals surface area contributed by atoms with E-state index in [1.807, 2.05) is 0 Å². The molecule has 10 heteroatoms. The molecule has 3 rings (SSSR count). The predicted octanol–water partition coefficient (Wildman–Crippen LogP) is 6.28. The van der Waals surface area contributed by atoms with E-state index in [2.05, 4.69) is 15.3 Å². The molecule has 0 bridgehead atoms. The lowest BCUT2D eigenvalue weighted by Gasteiger charge is -2.14. The number of nitrogens with two attached hydrogens (primary N) is 1. The highest BCUT2D eigenvalue weighted by Crippen LogP contribution is 2.37. The summed E-state index contributed by atoms with van der Waals surface area (Å²) in [5.41, 5.74) is 5.47. The Morgan fingerprint density at radius 1 is 1.00 bits per heavy atom. The summed E-state index contributed by atoms with van der Waals surface area (Å²) in [5.74, 6) is 0.155. The molecule has 4 nitrogen and oxygen atoms in total. The van der Waals surface area contributed by atoms with Crippen molar-refractivity contribution in [3.8, 4) is 0 Å². The number of alkyl halides is 3. The lowest BCUT2D eigenvalue weighted by atomic mass is 10.2. The summed E-state index contributed by atoms with van der Waals surface area (Å²) in [7, 11) is 0. The topological polar surface area (TPSA) is 63.8 Å². The van der Waals surface area contributed by atoms with Crippen LogP contribution in [0.4, 0.5) is 30.4 Å². The summed E-state index contributed by atoms with van der Waals surface area (Å²) in [6.07, 6.45) is -3.23. The Labute approximate surface area is 166 Å². The quantitative estimate of drug-likeness (QED) is 0.476. The highest BCUT2D eigenvalue weighted by Gasteiger charge is 2.31. The molecular formula is C17H11Cl2F3N4S. The molecule has 0 amide bonds. The van der Waals surface area contributed by atoms with Crippen molar-refractivity contribution in [1.82, 2.24) is 9.97 Å². The van der Waals surface area contributed by atoms with Crippen LogP contribution in [0.5, 0.6) is 0 Å². The fourth-order valence-corrected chi connectivity index (χ4v) is 3.19. The molecule has 0 unspecified atom stereocenters. The first-order chi connectivity index (χ1) is 12.7. The van der Waals surface area contributed by atoms with Gasteiger partial charge >= 0.3 is 6.18 Å². The van der Waals surface area contributed by atoms with E-state index in [0.717, 1.165) is 23.1 Å². The molecule has 140 valence electrons. The number of hydrogen-bond acceptors (Lipinski definition) is 5. The molecule has 0 aliphatic carbocycles. The van der Waals surface area contributed by atoms with Gasteiger partial charge in [0.15, 0.2) is 5.82 Å². The van der Waals surface area contributed by atoms with E-state index in [1.165, 1.54) is 18.1 Å². The molecule has 0 spiro atoms. The molecule has 1 aromatic heterocycles. The number of hydrogen-bond donors (Lipinski definition) is 2. The predicted molar refractivity (Wildman–Crippen MR) is 102 cm³/mol. The first-order valence-electron chi connectivity index (χ1n) is 7.41. The van der Waals surface area contributed by atoms with Gasteiger partial charge in [-0.05, 0) is 42.5 Å². The minimum atomic E-state index is -4.49. The molecule has 3 N–H and O–H groups in total. The van der Waals surface area contributed by atoms with Crippen molar-refractivity contribution in [3.63, 3.8) is 0 Å². The van der Waals surface area contributed by atoms with Crippen LogP contribution in [0.15, 0.2) is 58.7 Å². The minimum absolute atomic E-state index is 0.0411. The molecule has 27 heavy (non-hydrogen) atoms. The van der Waals surface area contributed by atoms with Crippen LogP contribution in [-0.4, -0.2) is 9.97 Å². The Bertz CT molecular complexity index is 965. The van der Waals surface area contributed by atoms with Gasteiger partial charge in [0.2, 0.25) is 0 Å². The lowest BCUT2D eigenvalue weighted by Crippen LogP contribution is -2.07. The molecule has 0 fully saturated rings. The molecule has 3 aromatic rings. The van der Waals surface area contributed by atoms with Crippen LogP contribution in [0.2, 0.25) is 10.0 Å². The largest absolute Gasteiger partial charge is 0.416 e. The van der Waals surface area contributed by atoms with E-state index in [0.29, 0.717) is 10.0 Å². The summed E-state index contributed by atoms with van der Waals surface area (Å²) < 4.78 is 38.8. The molecule has 0 radical (unpaired) electrons. The van der Waals surface area contributed by atoms with E-state index >= 15 is 0 Å². The van der Waals surface area contributed by atoms with Gasteiger partial charge in [0, 0.05) is 9.92 Å². The fourth-order valence-electron chi connectivity index (χ4n) is 2.10. The van der Waals surface area contributed by atoms with E-state index in [9.17, 15) is 13.2 Å². The van der Waals surface area contributed by atoms with Crippen LogP contribution in [0, 0.1) is 0 Å². The van der Waals surface area contributed by atoms with Crippen molar-refractivity contribution in [2.24, 2.45) is 0 Å². The van der Waals surface area contributed by atoms with E-state index in [1.54, 1.807) is 24.3 Å². The molecule has 0 aliphatic rings. The smallest absolute Gasteiger partial charge is 0.394 e. The Balaban J connectivity index is 1.89. The maximum Gasteiger partial charge on any atom is 0.416 e. The number of rotatable bonds is 4. The van der Waals surface area contributed by atoms with Crippen molar-refractivity contribution < 1.29 is 13.2 Å². The minimum Gasteiger partial charge on any atom is -0.394 e. The normalized spacial score (nSPS) is 11.4. The van der Waals surface area contributed by atoms with Crippen molar-refractivity contribution in [3.05, 3.63) is 64.4 Å². The number of aromatic nitrogens is 2. The molecule has 2 aromatic carbocycles. The third-order valence-electron chi connectivity index (χ3n) is 3.42. The van der Waals surface area contributed by atoms with Crippen LogP contribution in [0.3, 0.4) is 0 Å². The SMILES string of the molecule is Nc1c(Nc2cc(C(F)(F)F)ccc2Cl)ncnc1Sc1ccc(Cl)cc1. The second kappa shape index (κ2) is 7.84. The van der Waals surface area contributed by atoms with E-state index < -0.39 is 11.7 Å². The van der Waals surface area contributed by atoms with Crippen molar-refractivity contribution >= 4 is 52.2 Å². The first-order valence-corrected chi connectivity index (χ1v) is 8.99. The average molecular weight is 431 g/mol. The molecule has 0 aliphatic heterocycles. The number of anilines is 3. The van der Waals surface area contributed by atoms with Gasteiger partial charge in [-0.15, -0.1) is 0 Å². The highest BCUT2D eigenvalue weighted by atomic mass is 35.5. The Morgan fingerprint density at radius 2 is 1.70 bits per heavy atom. The van der Waals surface area contributed by atoms with Gasteiger partial charge in [-0.1, -0.05) is 35.0 Å². The van der Waals surface area contributed by atoms with E-state index in [-0.39, 0.29) is 22.2 Å². The van der Waals surface area contributed by atoms with Gasteiger partial charge in [0.25, 0.3) is 0 Å². The number of nitrogens with zero attached hydrogens (tertiary/aromatic N) is 2. The Kier molecular flexibility index (Phi) is 5.69. The first kappa shape index (κ1) is 19.6. The highest BCUT2D eigenvalue weighted by molar-refractivity contribution is 7.99. The fraction of sp³-hybridized carbons (Fsp3) is 0.0588. The third-order valence-corrected chi connectivity index (χ3v) is 5.03. The average Bonchev–Trinajstić information content (AvgIpc) is 2.61. The van der Waals surface area contributed by atoms with Crippen molar-refractivity contribution in [1.29, 1.82) is 0 Å². The Hall–Kier alpha value is -2.16. The zero-order valence-electron chi connectivity index (χ0n) is 13.4. The number of halogens is 5. The van der Waals surface area contributed by atoms with Crippen LogP contribution >= 0.6 is 35.0 Å². The maximum atomic E-state index is 12.9. The lowest BCUT2D eigenvalue weighted by molar-refractivity contribution is -0.137. The number of benzene rings is 2. The summed E-state index contributed by atoms with van der Waals surface area (Å²) in [5, 5.41) is 3.89. The van der Waals surface area contributed by atoms with Crippen molar-refractivity contribution in [2.45, 2.75) is 16.1 Å². The number of nitrogen functional groups attached to an aromatic ring is 1. The summed E-state index contributed by atoms with van der Waals surface area (Å²) in [6.45, 7) is 0. The molecule has 1 heterocycles. The Morgan fingerprint density at radius 3 is 2.37 bits per heavy atom. The summed E-state index contributed by atoms with van der Waals surface area (Å²) >= 11 is 13.1. The van der Waals surface area contributed by atoms with Crippen LogP contribution < -0.4 is 11.1 Å². The van der Waals surface area contributed by atoms with Gasteiger partial charge in [-0.25, -0.2) is 9.97 Å². The molecular weight excluding hydrogens is 420 g/mol. The molecule has 0 saturated heterocycles. The van der Waals surface area contributed by atoms with Crippen molar-refractivity contribution in [2.75, 3.05) is 11.1 Å². The van der Waals surface area contributed by atoms with Gasteiger partial charge in [0.05, 0.1) is 16.3 Å². The second-order valence-electron chi connectivity index (χ2n) is 5.31. The monoisotopic (exact) mass is 430 g/mol. The van der Waals surface area contributed by atoms with Crippen LogP contribution in [-0.2, 0) is 6.18 Å². The van der Waals surface area contributed by atoms with Gasteiger partial charge in [-0.2, -0.15) is 13.2 Å². The molecule has 0 saturated carbocycles. The second-order valence-corrected chi connectivity index (χ2v) is 7.22. The number of nitrogens with one attached hydrogen (secondary N) is 1. The van der Waals surface area contributed by atoms with Crippen LogP contribution in [0.1, 0.15) is 5.56 Å². The van der Waals surface area contributed by atoms with E-state index in [4.69, 9.17) is 28.9 Å².